The van der Waals surface area contributed by atoms with Gasteiger partial charge in [-0.25, -0.2) is 4.98 Å². The molecule has 1 fully saturated rings. The molecule has 2 aromatic rings. The van der Waals surface area contributed by atoms with Crippen molar-refractivity contribution in [1.82, 2.24) is 20.2 Å². The average Bonchev–Trinajstić information content (AvgIpc) is 3.23. The van der Waals surface area contributed by atoms with Crippen LogP contribution < -0.4 is 10.1 Å². The molecule has 8 nitrogen and oxygen atoms in total. The van der Waals surface area contributed by atoms with E-state index < -0.39 is 5.60 Å². The van der Waals surface area contributed by atoms with Crippen LogP contribution in [0.25, 0.3) is 11.3 Å². The van der Waals surface area contributed by atoms with Crippen molar-refractivity contribution >= 4 is 11.8 Å². The second kappa shape index (κ2) is 8.87. The fourth-order valence-electron chi connectivity index (χ4n) is 3.68. The zero-order valence-electron chi connectivity index (χ0n) is 18.2. The standard InChI is InChI=1S/C22H30N4O4/c1-22(2,30-5)21(28)26-12-6-7-15(13-26)19-24-17(18(25-19)20(27)23-3)14-8-10-16(29-4)11-9-14/h8-11,15H,6-7,12-13H2,1-5H3,(H,23,27)(H,24,25). The number of ether oxygens (including phenoxy) is 2. The van der Waals surface area contributed by atoms with Gasteiger partial charge in [-0.2, -0.15) is 0 Å². The molecule has 0 aliphatic carbocycles. The van der Waals surface area contributed by atoms with Crippen LogP contribution in [0, 0.1) is 0 Å². The van der Waals surface area contributed by atoms with Crippen LogP contribution in [0.15, 0.2) is 24.3 Å². The van der Waals surface area contributed by atoms with Crippen molar-refractivity contribution in [3.05, 3.63) is 35.8 Å². The first-order chi connectivity index (χ1) is 14.3. The summed E-state index contributed by atoms with van der Waals surface area (Å²) in [4.78, 5) is 35.1. The number of aromatic nitrogens is 2. The molecule has 1 aliphatic heterocycles. The van der Waals surface area contributed by atoms with Crippen LogP contribution in [0.1, 0.15) is 48.9 Å². The number of hydrogen-bond donors (Lipinski definition) is 2. The van der Waals surface area contributed by atoms with Gasteiger partial charge in [-0.1, -0.05) is 0 Å². The Labute approximate surface area is 177 Å². The number of hydrogen-bond acceptors (Lipinski definition) is 5. The lowest BCUT2D eigenvalue weighted by Crippen LogP contribution is -2.49. The van der Waals surface area contributed by atoms with E-state index in [0.29, 0.717) is 30.3 Å². The van der Waals surface area contributed by atoms with Gasteiger partial charge in [0, 0.05) is 38.7 Å². The Morgan fingerprint density at radius 3 is 2.53 bits per heavy atom. The van der Waals surface area contributed by atoms with Gasteiger partial charge in [-0.3, -0.25) is 9.59 Å². The highest BCUT2D eigenvalue weighted by molar-refractivity contribution is 5.98. The summed E-state index contributed by atoms with van der Waals surface area (Å²) >= 11 is 0. The van der Waals surface area contributed by atoms with Crippen LogP contribution in [0.5, 0.6) is 5.75 Å². The van der Waals surface area contributed by atoms with Gasteiger partial charge in [-0.05, 0) is 51.0 Å². The number of methoxy groups -OCH3 is 2. The normalized spacial score (nSPS) is 17.0. The van der Waals surface area contributed by atoms with Crippen LogP contribution in [0.2, 0.25) is 0 Å². The fraction of sp³-hybridized carbons (Fsp3) is 0.500. The maximum atomic E-state index is 12.8. The molecule has 2 N–H and O–H groups in total. The molecule has 162 valence electrons. The monoisotopic (exact) mass is 414 g/mol. The van der Waals surface area contributed by atoms with Gasteiger partial charge < -0.3 is 24.7 Å². The van der Waals surface area contributed by atoms with Crippen LogP contribution in [-0.2, 0) is 9.53 Å². The van der Waals surface area contributed by atoms with Crippen molar-refractivity contribution in [2.75, 3.05) is 34.4 Å². The zero-order valence-corrected chi connectivity index (χ0v) is 18.2. The van der Waals surface area contributed by atoms with Crippen molar-refractivity contribution in [3.63, 3.8) is 0 Å². The van der Waals surface area contributed by atoms with Crippen molar-refractivity contribution < 1.29 is 19.1 Å². The summed E-state index contributed by atoms with van der Waals surface area (Å²) in [7, 11) is 4.75. The predicted octanol–water partition coefficient (Wildman–Crippen LogP) is 2.58. The summed E-state index contributed by atoms with van der Waals surface area (Å²) < 4.78 is 10.6. The number of carbonyl (C=O) groups excluding carboxylic acids is 2. The first kappa shape index (κ1) is 21.8. The quantitative estimate of drug-likeness (QED) is 0.757. The largest absolute Gasteiger partial charge is 0.497 e. The Hall–Kier alpha value is -2.87. The number of carbonyl (C=O) groups is 2. The number of rotatable bonds is 6. The number of nitrogens with zero attached hydrogens (tertiary/aromatic N) is 2. The highest BCUT2D eigenvalue weighted by Crippen LogP contribution is 2.31. The summed E-state index contributed by atoms with van der Waals surface area (Å²) in [6.07, 6.45) is 1.75. The zero-order chi connectivity index (χ0) is 21.9. The first-order valence-electron chi connectivity index (χ1n) is 10.1. The van der Waals surface area contributed by atoms with E-state index >= 15 is 0 Å². The van der Waals surface area contributed by atoms with Crippen molar-refractivity contribution in [2.45, 2.75) is 38.2 Å². The van der Waals surface area contributed by atoms with E-state index in [1.165, 1.54) is 0 Å². The maximum absolute atomic E-state index is 12.8. The molecule has 0 spiro atoms. The Kier molecular flexibility index (Phi) is 6.45. The van der Waals surface area contributed by atoms with Crippen molar-refractivity contribution in [2.24, 2.45) is 0 Å². The lowest BCUT2D eigenvalue weighted by Gasteiger charge is -2.36. The molecule has 1 aromatic heterocycles. The fourth-order valence-corrected chi connectivity index (χ4v) is 3.68. The molecule has 0 saturated carbocycles. The molecule has 8 heteroatoms. The molecule has 1 saturated heterocycles. The minimum atomic E-state index is -0.868. The Balaban J connectivity index is 1.91. The lowest BCUT2D eigenvalue weighted by molar-refractivity contribution is -0.152. The number of piperidine rings is 1. The van der Waals surface area contributed by atoms with Crippen LogP contribution in [0.3, 0.4) is 0 Å². The van der Waals surface area contributed by atoms with E-state index in [1.807, 2.05) is 29.2 Å². The molecular formula is C22H30N4O4. The molecular weight excluding hydrogens is 384 g/mol. The summed E-state index contributed by atoms with van der Waals surface area (Å²) in [6, 6.07) is 7.43. The number of H-pyrrole nitrogens is 1. The molecule has 1 aliphatic rings. The van der Waals surface area contributed by atoms with E-state index in [4.69, 9.17) is 14.5 Å². The molecule has 0 radical (unpaired) electrons. The van der Waals surface area contributed by atoms with Gasteiger partial charge in [0.25, 0.3) is 11.8 Å². The van der Waals surface area contributed by atoms with Crippen molar-refractivity contribution in [3.8, 4) is 17.0 Å². The highest BCUT2D eigenvalue weighted by Gasteiger charge is 2.36. The molecule has 1 atom stereocenters. The summed E-state index contributed by atoms with van der Waals surface area (Å²) in [5.74, 6) is 1.20. The molecule has 1 unspecified atom stereocenters. The number of benzene rings is 1. The van der Waals surface area contributed by atoms with Crippen LogP contribution in [-0.4, -0.2) is 66.6 Å². The van der Waals surface area contributed by atoms with Gasteiger partial charge in [0.1, 0.15) is 28.6 Å². The van der Waals surface area contributed by atoms with Gasteiger partial charge >= 0.3 is 0 Å². The highest BCUT2D eigenvalue weighted by atomic mass is 16.5. The molecule has 2 amide bonds. The molecule has 30 heavy (non-hydrogen) atoms. The average molecular weight is 415 g/mol. The third-order valence-electron chi connectivity index (χ3n) is 5.66. The third-order valence-corrected chi connectivity index (χ3v) is 5.66. The minimum absolute atomic E-state index is 0.0192. The van der Waals surface area contributed by atoms with E-state index in [-0.39, 0.29) is 17.7 Å². The molecule has 1 aromatic carbocycles. The molecule has 2 heterocycles. The molecule has 3 rings (SSSR count). The summed E-state index contributed by atoms with van der Waals surface area (Å²) in [5.41, 5.74) is 0.958. The smallest absolute Gasteiger partial charge is 0.269 e. The third kappa shape index (κ3) is 4.33. The summed E-state index contributed by atoms with van der Waals surface area (Å²) in [6.45, 7) is 4.78. The van der Waals surface area contributed by atoms with Gasteiger partial charge in [-0.15, -0.1) is 0 Å². The number of amides is 2. The second-order valence-corrected chi connectivity index (χ2v) is 7.96. The Bertz CT molecular complexity index is 904. The number of imidazole rings is 1. The lowest BCUT2D eigenvalue weighted by atomic mass is 9.95. The Morgan fingerprint density at radius 1 is 1.23 bits per heavy atom. The SMILES string of the molecule is CNC(=O)c1[nH]c(C2CCCN(C(=O)C(C)(C)OC)C2)nc1-c1ccc(OC)cc1. The maximum Gasteiger partial charge on any atom is 0.269 e. The van der Waals surface area contributed by atoms with Crippen molar-refractivity contribution in [1.29, 1.82) is 0 Å². The topological polar surface area (TPSA) is 96.6 Å². The van der Waals surface area contributed by atoms with Crippen LogP contribution >= 0.6 is 0 Å². The van der Waals surface area contributed by atoms with Crippen LogP contribution in [0.4, 0.5) is 0 Å². The van der Waals surface area contributed by atoms with Gasteiger partial charge in [0.05, 0.1) is 7.11 Å². The van der Waals surface area contributed by atoms with E-state index in [9.17, 15) is 9.59 Å². The minimum Gasteiger partial charge on any atom is -0.497 e. The van der Waals surface area contributed by atoms with E-state index in [0.717, 1.165) is 24.2 Å². The summed E-state index contributed by atoms with van der Waals surface area (Å²) in [5, 5.41) is 2.67. The van der Waals surface area contributed by atoms with Gasteiger partial charge in [0.2, 0.25) is 0 Å². The number of nitrogens with one attached hydrogen (secondary N) is 2. The number of aromatic amines is 1. The predicted molar refractivity (Wildman–Crippen MR) is 114 cm³/mol. The van der Waals surface area contributed by atoms with E-state index in [1.54, 1.807) is 35.1 Å². The second-order valence-electron chi connectivity index (χ2n) is 7.96. The van der Waals surface area contributed by atoms with Gasteiger partial charge in [0.15, 0.2) is 0 Å². The number of likely N-dealkylation sites (tertiary alicyclic amines) is 1. The van der Waals surface area contributed by atoms with E-state index in [2.05, 4.69) is 10.3 Å². The Morgan fingerprint density at radius 2 is 1.93 bits per heavy atom. The molecule has 0 bridgehead atoms. The first-order valence-corrected chi connectivity index (χ1v) is 10.1.